The van der Waals surface area contributed by atoms with Crippen molar-refractivity contribution >= 4 is 13.6 Å². The second-order valence-electron chi connectivity index (χ2n) is 6.18. The highest BCUT2D eigenvalue weighted by Crippen LogP contribution is 2.43. The van der Waals surface area contributed by atoms with E-state index in [9.17, 15) is 19.4 Å². The second-order valence-corrected chi connectivity index (χ2v) is 8.03. The fourth-order valence-corrected chi connectivity index (χ4v) is 4.50. The Morgan fingerprint density at radius 2 is 2.04 bits per heavy atom. The zero-order valence-electron chi connectivity index (χ0n) is 15.1. The van der Waals surface area contributed by atoms with Crippen molar-refractivity contribution in [3.63, 3.8) is 0 Å². The predicted molar refractivity (Wildman–Crippen MR) is 95.1 cm³/mol. The fraction of sp³-hybridized carbons (Fsp3) is 0.500. The predicted octanol–water partition coefficient (Wildman–Crippen LogP) is 3.64. The zero-order chi connectivity index (χ0) is 18.8. The number of cyclic esters (lactones) is 1. The van der Waals surface area contributed by atoms with Crippen LogP contribution in [0.25, 0.3) is 0 Å². The van der Waals surface area contributed by atoms with Gasteiger partial charge in [0.25, 0.3) is 0 Å². The van der Waals surface area contributed by atoms with Crippen molar-refractivity contribution in [2.24, 2.45) is 0 Å². The molecule has 1 aromatic carbocycles. The fourth-order valence-electron chi connectivity index (χ4n) is 3.24. The average Bonchev–Trinajstić information content (AvgIpc) is 2.91. The Hall–Kier alpha value is -1.62. The standard InChI is InChI=1S/C18H25O6P/c1-5-13-12(4)15-9-23-18(20)16(15)17(19)14(13)8-7-11(3)10-25(21,22)24-6-2/h7,19H,5-6,8-10H2,1-4H3,(H,21,22). The van der Waals surface area contributed by atoms with Gasteiger partial charge in [-0.05, 0) is 44.7 Å². The number of allylic oxidation sites excluding steroid dienone is 2. The number of benzene rings is 1. The molecule has 0 radical (unpaired) electrons. The van der Waals surface area contributed by atoms with E-state index < -0.39 is 13.6 Å². The van der Waals surface area contributed by atoms with Gasteiger partial charge in [-0.1, -0.05) is 18.6 Å². The Morgan fingerprint density at radius 1 is 1.36 bits per heavy atom. The van der Waals surface area contributed by atoms with Crippen LogP contribution in [-0.2, 0) is 33.3 Å². The minimum absolute atomic E-state index is 0.0408. The number of ether oxygens (including phenoxy) is 1. The smallest absolute Gasteiger partial charge is 0.342 e. The van der Waals surface area contributed by atoms with E-state index in [0.717, 1.165) is 16.7 Å². The van der Waals surface area contributed by atoms with Gasteiger partial charge in [0, 0.05) is 11.1 Å². The molecule has 1 aliphatic rings. The van der Waals surface area contributed by atoms with Gasteiger partial charge in [-0.15, -0.1) is 0 Å². The molecule has 1 heterocycles. The summed E-state index contributed by atoms with van der Waals surface area (Å²) in [6.07, 6.45) is 2.81. The van der Waals surface area contributed by atoms with Gasteiger partial charge >= 0.3 is 13.6 Å². The molecule has 7 heteroatoms. The summed E-state index contributed by atoms with van der Waals surface area (Å²) in [6, 6.07) is 0. The van der Waals surface area contributed by atoms with E-state index in [1.54, 1.807) is 19.9 Å². The molecule has 25 heavy (non-hydrogen) atoms. The number of hydrogen-bond donors (Lipinski definition) is 2. The molecule has 1 aromatic rings. The van der Waals surface area contributed by atoms with Crippen LogP contribution < -0.4 is 0 Å². The number of phenols is 1. The Bertz CT molecular complexity index is 766. The number of fused-ring (bicyclic) bond motifs is 1. The van der Waals surface area contributed by atoms with E-state index in [0.29, 0.717) is 24.0 Å². The molecule has 0 fully saturated rings. The largest absolute Gasteiger partial charge is 0.507 e. The summed E-state index contributed by atoms with van der Waals surface area (Å²) < 4.78 is 21.8. The lowest BCUT2D eigenvalue weighted by Gasteiger charge is -2.16. The van der Waals surface area contributed by atoms with Gasteiger partial charge < -0.3 is 19.3 Å². The molecular formula is C18H25O6P. The van der Waals surface area contributed by atoms with Crippen LogP contribution in [0.2, 0.25) is 0 Å². The maximum atomic E-state index is 11.9. The SMILES string of the molecule is CCOP(=O)(O)CC(C)=CCc1c(O)c2c(c(C)c1CC)COC2=O. The summed E-state index contributed by atoms with van der Waals surface area (Å²) in [6.45, 7) is 7.70. The van der Waals surface area contributed by atoms with Gasteiger partial charge in [0.1, 0.15) is 17.9 Å². The molecule has 2 N–H and O–H groups in total. The number of carbonyl (C=O) groups excluding carboxylic acids is 1. The molecule has 2 rings (SSSR count). The van der Waals surface area contributed by atoms with Gasteiger partial charge in [0.05, 0.1) is 12.8 Å². The Morgan fingerprint density at radius 3 is 2.64 bits per heavy atom. The quantitative estimate of drug-likeness (QED) is 0.434. The minimum atomic E-state index is -3.64. The number of hydrogen-bond acceptors (Lipinski definition) is 5. The summed E-state index contributed by atoms with van der Waals surface area (Å²) in [7, 11) is -3.64. The molecule has 0 saturated heterocycles. The van der Waals surface area contributed by atoms with Crippen molar-refractivity contribution in [1.82, 2.24) is 0 Å². The van der Waals surface area contributed by atoms with Crippen LogP contribution >= 0.6 is 7.60 Å². The van der Waals surface area contributed by atoms with Crippen molar-refractivity contribution in [3.05, 3.63) is 39.5 Å². The van der Waals surface area contributed by atoms with Gasteiger partial charge in [-0.3, -0.25) is 4.57 Å². The van der Waals surface area contributed by atoms with Crippen molar-refractivity contribution in [3.8, 4) is 5.75 Å². The summed E-state index contributed by atoms with van der Waals surface area (Å²) >= 11 is 0. The lowest BCUT2D eigenvalue weighted by atomic mass is 9.89. The monoisotopic (exact) mass is 368 g/mol. The highest BCUT2D eigenvalue weighted by Gasteiger charge is 2.30. The summed E-state index contributed by atoms with van der Waals surface area (Å²) in [5.41, 5.74) is 4.31. The van der Waals surface area contributed by atoms with Crippen LogP contribution in [0.4, 0.5) is 0 Å². The lowest BCUT2D eigenvalue weighted by molar-refractivity contribution is 0.0533. The molecule has 0 bridgehead atoms. The minimum Gasteiger partial charge on any atom is -0.507 e. The molecule has 138 valence electrons. The lowest BCUT2D eigenvalue weighted by Crippen LogP contribution is -2.05. The summed E-state index contributed by atoms with van der Waals surface area (Å²) in [5.74, 6) is -0.544. The molecule has 0 saturated carbocycles. The molecule has 1 atom stereocenters. The van der Waals surface area contributed by atoms with E-state index in [2.05, 4.69) is 0 Å². The maximum absolute atomic E-state index is 11.9. The van der Waals surface area contributed by atoms with Gasteiger partial charge in [0.2, 0.25) is 0 Å². The van der Waals surface area contributed by atoms with E-state index in [1.807, 2.05) is 13.8 Å². The number of carbonyl (C=O) groups is 1. The van der Waals surface area contributed by atoms with Crippen LogP contribution in [0, 0.1) is 6.92 Å². The van der Waals surface area contributed by atoms with E-state index in [1.165, 1.54) is 0 Å². The molecule has 1 unspecified atom stereocenters. The van der Waals surface area contributed by atoms with Crippen molar-refractivity contribution < 1.29 is 28.6 Å². The first-order valence-electron chi connectivity index (χ1n) is 8.37. The third kappa shape index (κ3) is 4.14. The number of phenolic OH excluding ortho intramolecular Hbond substituents is 1. The molecule has 1 aliphatic heterocycles. The van der Waals surface area contributed by atoms with Gasteiger partial charge in [-0.25, -0.2) is 4.79 Å². The van der Waals surface area contributed by atoms with E-state index in [-0.39, 0.29) is 30.7 Å². The number of aromatic hydroxyl groups is 1. The average molecular weight is 368 g/mol. The number of rotatable bonds is 7. The third-order valence-electron chi connectivity index (χ3n) is 4.43. The third-order valence-corrected chi connectivity index (χ3v) is 5.99. The van der Waals surface area contributed by atoms with Crippen molar-refractivity contribution in [2.75, 3.05) is 12.8 Å². The summed E-state index contributed by atoms with van der Waals surface area (Å²) in [5, 5.41) is 10.6. The first-order chi connectivity index (χ1) is 11.7. The Kier molecular flexibility index (Phi) is 6.09. The van der Waals surface area contributed by atoms with Crippen molar-refractivity contribution in [2.45, 2.75) is 47.1 Å². The van der Waals surface area contributed by atoms with Gasteiger partial charge in [-0.2, -0.15) is 0 Å². The maximum Gasteiger partial charge on any atom is 0.342 e. The zero-order valence-corrected chi connectivity index (χ0v) is 16.0. The van der Waals surface area contributed by atoms with Crippen molar-refractivity contribution in [1.29, 1.82) is 0 Å². The van der Waals surface area contributed by atoms with Crippen LogP contribution in [0.1, 0.15) is 53.4 Å². The molecule has 0 aliphatic carbocycles. The first-order valence-corrected chi connectivity index (χ1v) is 10.1. The van der Waals surface area contributed by atoms with Crippen LogP contribution in [0.15, 0.2) is 11.6 Å². The Labute approximate surface area is 148 Å². The van der Waals surface area contributed by atoms with E-state index in [4.69, 9.17) is 9.26 Å². The number of esters is 1. The second kappa shape index (κ2) is 7.73. The topological polar surface area (TPSA) is 93.1 Å². The first kappa shape index (κ1) is 19.7. The van der Waals surface area contributed by atoms with E-state index >= 15 is 0 Å². The molecule has 0 spiro atoms. The molecular weight excluding hydrogens is 343 g/mol. The molecule has 0 amide bonds. The Balaban J connectivity index is 2.35. The highest BCUT2D eigenvalue weighted by molar-refractivity contribution is 7.53. The van der Waals surface area contributed by atoms with Gasteiger partial charge in [0.15, 0.2) is 0 Å². The summed E-state index contributed by atoms with van der Waals surface area (Å²) in [4.78, 5) is 21.6. The normalized spacial score (nSPS) is 16.5. The molecule has 0 aromatic heterocycles. The molecule has 6 nitrogen and oxygen atoms in total. The highest BCUT2D eigenvalue weighted by atomic mass is 31.2. The van der Waals surface area contributed by atoms with Crippen LogP contribution in [-0.4, -0.2) is 28.7 Å². The van der Waals surface area contributed by atoms with Crippen LogP contribution in [0.3, 0.4) is 0 Å². The van der Waals surface area contributed by atoms with Crippen LogP contribution in [0.5, 0.6) is 5.75 Å².